The van der Waals surface area contributed by atoms with E-state index in [-0.39, 0.29) is 22.0 Å². The minimum atomic E-state index is 0.109. The van der Waals surface area contributed by atoms with Crippen molar-refractivity contribution in [2.45, 2.75) is 190 Å². The van der Waals surface area contributed by atoms with E-state index in [1.165, 1.54) is 44.3 Å². The average molecular weight is 606 g/mol. The standard InChI is InChI=1S/C41H71N3/c1-36(2,3)33-23-28-27(19-17-20-31(28)43(33)38(7,8)9)25-41(15,16)42-22-18-21-32(42)40(13,14)26-30-29-24-34(37(4,5)6)44(35(29)30)39(10,11)12/h17,19-20,29-30,32-35H,18,21-26H2,1-16H3. The molecule has 1 aromatic rings. The molecule has 3 heteroatoms. The van der Waals surface area contributed by atoms with E-state index in [4.69, 9.17) is 0 Å². The van der Waals surface area contributed by atoms with Crippen molar-refractivity contribution in [3.05, 3.63) is 29.3 Å². The SMILES string of the molecule is CC(C)(C)C1Cc2c(CC(C)(C)N3CCCC3C(C)(C)CC3C4CC(C(C)(C)C)N(C(C)(C)C)C43)cccc2N1C(C)(C)C. The van der Waals surface area contributed by atoms with Gasteiger partial charge in [-0.15, -0.1) is 0 Å². The molecule has 3 aliphatic heterocycles. The number of nitrogens with zero attached hydrogens (tertiary/aromatic N) is 3. The molecule has 0 radical (unpaired) electrons. The molecule has 44 heavy (non-hydrogen) atoms. The highest BCUT2D eigenvalue weighted by molar-refractivity contribution is 5.64. The van der Waals surface area contributed by atoms with Gasteiger partial charge in [0.25, 0.3) is 0 Å². The minimum Gasteiger partial charge on any atom is -0.363 e. The van der Waals surface area contributed by atoms with Gasteiger partial charge in [-0.2, -0.15) is 0 Å². The Hall–Kier alpha value is -1.06. The number of benzene rings is 1. The van der Waals surface area contributed by atoms with Crippen LogP contribution in [0.15, 0.2) is 18.2 Å². The highest BCUT2D eigenvalue weighted by Gasteiger charge is 2.65. The number of hydrogen-bond acceptors (Lipinski definition) is 3. The van der Waals surface area contributed by atoms with Crippen LogP contribution < -0.4 is 4.90 Å². The van der Waals surface area contributed by atoms with Crippen molar-refractivity contribution in [3.63, 3.8) is 0 Å². The molecule has 0 bridgehead atoms. The number of anilines is 1. The van der Waals surface area contributed by atoms with Gasteiger partial charge in [-0.1, -0.05) is 67.5 Å². The quantitative estimate of drug-likeness (QED) is 0.319. The van der Waals surface area contributed by atoms with Gasteiger partial charge in [-0.25, -0.2) is 0 Å². The third-order valence-corrected chi connectivity index (χ3v) is 12.5. The zero-order chi connectivity index (χ0) is 33.0. The van der Waals surface area contributed by atoms with E-state index >= 15 is 0 Å². The molecule has 1 saturated carbocycles. The smallest absolute Gasteiger partial charge is 0.0409 e. The Morgan fingerprint density at radius 3 is 1.89 bits per heavy atom. The molecule has 3 fully saturated rings. The highest BCUT2D eigenvalue weighted by atomic mass is 15.3. The maximum atomic E-state index is 2.96. The summed E-state index contributed by atoms with van der Waals surface area (Å²) in [7, 11) is 0. The summed E-state index contributed by atoms with van der Waals surface area (Å²) in [5.41, 5.74) is 6.08. The number of piperidine rings is 1. The molecule has 3 heterocycles. The summed E-state index contributed by atoms with van der Waals surface area (Å²) in [6.45, 7) is 40.8. The van der Waals surface area contributed by atoms with Crippen molar-refractivity contribution in [1.29, 1.82) is 0 Å². The fourth-order valence-electron chi connectivity index (χ4n) is 10.5. The molecular formula is C41H71N3. The summed E-state index contributed by atoms with van der Waals surface area (Å²) in [5.74, 6) is 1.76. The Balaban J connectivity index is 1.34. The molecule has 0 N–H and O–H groups in total. The van der Waals surface area contributed by atoms with Gasteiger partial charge in [-0.3, -0.25) is 9.80 Å². The lowest BCUT2D eigenvalue weighted by Gasteiger charge is -2.48. The summed E-state index contributed by atoms with van der Waals surface area (Å²) >= 11 is 0. The van der Waals surface area contributed by atoms with Crippen LogP contribution in [0.5, 0.6) is 0 Å². The minimum absolute atomic E-state index is 0.109. The fourth-order valence-corrected chi connectivity index (χ4v) is 10.5. The van der Waals surface area contributed by atoms with Gasteiger partial charge in [-0.05, 0) is 146 Å². The van der Waals surface area contributed by atoms with Crippen LogP contribution in [0.2, 0.25) is 0 Å². The van der Waals surface area contributed by atoms with Crippen molar-refractivity contribution in [1.82, 2.24) is 9.80 Å². The van der Waals surface area contributed by atoms with Gasteiger partial charge < -0.3 is 4.90 Å². The summed E-state index contributed by atoms with van der Waals surface area (Å²) in [6, 6.07) is 9.89. The molecule has 3 nitrogen and oxygen atoms in total. The molecule has 0 aromatic heterocycles. The predicted molar refractivity (Wildman–Crippen MR) is 192 cm³/mol. The van der Waals surface area contributed by atoms with Crippen LogP contribution >= 0.6 is 0 Å². The summed E-state index contributed by atoms with van der Waals surface area (Å²) < 4.78 is 0. The number of likely N-dealkylation sites (tertiary alicyclic amines) is 2. The van der Waals surface area contributed by atoms with Gasteiger partial charge >= 0.3 is 0 Å². The third-order valence-electron chi connectivity index (χ3n) is 12.5. The van der Waals surface area contributed by atoms with Gasteiger partial charge in [0.05, 0.1) is 0 Å². The monoisotopic (exact) mass is 606 g/mol. The highest BCUT2D eigenvalue weighted by Crippen LogP contribution is 2.62. The van der Waals surface area contributed by atoms with Crippen molar-refractivity contribution in [3.8, 4) is 0 Å². The van der Waals surface area contributed by atoms with Crippen LogP contribution in [0.1, 0.15) is 148 Å². The van der Waals surface area contributed by atoms with E-state index in [2.05, 4.69) is 144 Å². The maximum Gasteiger partial charge on any atom is 0.0409 e. The fraction of sp³-hybridized carbons (Fsp3) is 0.854. The van der Waals surface area contributed by atoms with Crippen molar-refractivity contribution in [2.75, 3.05) is 11.4 Å². The Labute approximate surface area is 273 Å². The molecule has 1 aliphatic carbocycles. The lowest BCUT2D eigenvalue weighted by Crippen LogP contribution is -2.54. The molecule has 1 aromatic carbocycles. The summed E-state index contributed by atoms with van der Waals surface area (Å²) in [4.78, 5) is 8.66. The largest absolute Gasteiger partial charge is 0.363 e. The van der Waals surface area contributed by atoms with Crippen molar-refractivity contribution < 1.29 is 0 Å². The van der Waals surface area contributed by atoms with Crippen molar-refractivity contribution in [2.24, 2.45) is 28.1 Å². The summed E-state index contributed by atoms with van der Waals surface area (Å²) in [6.07, 6.45) is 7.76. The molecule has 5 rings (SSSR count). The molecule has 250 valence electrons. The number of fused-ring (bicyclic) bond motifs is 2. The molecule has 6 unspecified atom stereocenters. The van der Waals surface area contributed by atoms with E-state index in [0.29, 0.717) is 29.0 Å². The number of rotatable bonds is 6. The lowest BCUT2D eigenvalue weighted by atomic mass is 9.75. The lowest BCUT2D eigenvalue weighted by molar-refractivity contribution is 0.00906. The van der Waals surface area contributed by atoms with E-state index in [1.807, 2.05) is 0 Å². The Bertz CT molecular complexity index is 1200. The second kappa shape index (κ2) is 10.7. The first kappa shape index (κ1) is 34.3. The third kappa shape index (κ3) is 6.16. The van der Waals surface area contributed by atoms with E-state index in [1.54, 1.807) is 11.1 Å². The van der Waals surface area contributed by atoms with Crippen LogP contribution in [-0.2, 0) is 12.8 Å². The van der Waals surface area contributed by atoms with Crippen LogP contribution in [0, 0.1) is 28.1 Å². The zero-order valence-electron chi connectivity index (χ0n) is 32.0. The van der Waals surface area contributed by atoms with Crippen LogP contribution in [0.4, 0.5) is 5.69 Å². The van der Waals surface area contributed by atoms with Crippen LogP contribution in [0.25, 0.3) is 0 Å². The van der Waals surface area contributed by atoms with Crippen LogP contribution in [0.3, 0.4) is 0 Å². The maximum absolute atomic E-state index is 2.96. The van der Waals surface area contributed by atoms with Gasteiger partial charge in [0.2, 0.25) is 0 Å². The Morgan fingerprint density at radius 2 is 1.34 bits per heavy atom. The molecule has 6 atom stereocenters. The normalized spacial score (nSPS) is 30.7. The first-order valence-corrected chi connectivity index (χ1v) is 18.3. The van der Waals surface area contributed by atoms with E-state index in [9.17, 15) is 0 Å². The summed E-state index contributed by atoms with van der Waals surface area (Å²) in [5, 5.41) is 0. The average Bonchev–Trinajstić information content (AvgIpc) is 3.32. The Kier molecular flexibility index (Phi) is 8.36. The second-order valence-electron chi connectivity index (χ2n) is 21.1. The molecule has 0 amide bonds. The molecule has 4 aliphatic rings. The van der Waals surface area contributed by atoms with Crippen molar-refractivity contribution >= 4 is 5.69 Å². The van der Waals surface area contributed by atoms with E-state index in [0.717, 1.165) is 24.3 Å². The topological polar surface area (TPSA) is 9.72 Å². The first-order valence-electron chi connectivity index (χ1n) is 18.3. The number of hydrogen-bond donors (Lipinski definition) is 0. The predicted octanol–water partition coefficient (Wildman–Crippen LogP) is 10.00. The van der Waals surface area contributed by atoms with Gasteiger partial charge in [0.1, 0.15) is 0 Å². The second-order valence-corrected chi connectivity index (χ2v) is 21.1. The van der Waals surface area contributed by atoms with Crippen LogP contribution in [-0.4, -0.2) is 57.1 Å². The Morgan fingerprint density at radius 1 is 0.727 bits per heavy atom. The molecular weight excluding hydrogens is 534 g/mol. The molecule has 2 saturated heterocycles. The van der Waals surface area contributed by atoms with Gasteiger partial charge in [0.15, 0.2) is 0 Å². The van der Waals surface area contributed by atoms with E-state index < -0.39 is 0 Å². The zero-order valence-corrected chi connectivity index (χ0v) is 32.0. The first-order chi connectivity index (χ1) is 19.9. The molecule has 0 spiro atoms. The van der Waals surface area contributed by atoms with Gasteiger partial charge in [0, 0.05) is 46.5 Å².